The molecule has 0 aromatic rings. The van der Waals surface area contributed by atoms with Crippen molar-refractivity contribution in [3.05, 3.63) is 0 Å². The van der Waals surface area contributed by atoms with Crippen LogP contribution in [0.4, 0.5) is 0 Å². The second kappa shape index (κ2) is 3.32. The fourth-order valence-electron chi connectivity index (χ4n) is 1.39. The van der Waals surface area contributed by atoms with Gasteiger partial charge in [-0.1, -0.05) is 11.8 Å². The van der Waals surface area contributed by atoms with Gasteiger partial charge >= 0.3 is 0 Å². The number of rotatable bonds is 1. The highest BCUT2D eigenvalue weighted by Gasteiger charge is 2.39. The van der Waals surface area contributed by atoms with Gasteiger partial charge in [-0.15, -0.1) is 0 Å². The molecule has 0 aliphatic carbocycles. The second-order valence-corrected chi connectivity index (χ2v) is 4.87. The van der Waals surface area contributed by atoms with Crippen molar-refractivity contribution in [2.24, 2.45) is 5.41 Å². The summed E-state index contributed by atoms with van der Waals surface area (Å²) in [6, 6.07) is 0. The van der Waals surface area contributed by atoms with Crippen LogP contribution in [0.3, 0.4) is 0 Å². The Balaban J connectivity index is 2.64. The van der Waals surface area contributed by atoms with Crippen molar-refractivity contribution in [3.8, 4) is 11.8 Å². The third-order valence-corrected chi connectivity index (χ3v) is 2.11. The predicted molar refractivity (Wildman–Crippen MR) is 54.5 cm³/mol. The van der Waals surface area contributed by atoms with Crippen molar-refractivity contribution in [2.45, 2.75) is 26.4 Å². The molecule has 0 bridgehead atoms. The molecule has 0 unspecified atom stereocenters. The summed E-state index contributed by atoms with van der Waals surface area (Å²) in [5.74, 6) is 6.47. The van der Waals surface area contributed by atoms with Crippen LogP contribution in [0.15, 0.2) is 0 Å². The summed E-state index contributed by atoms with van der Waals surface area (Å²) in [6.45, 7) is 8.20. The highest BCUT2D eigenvalue weighted by Crippen LogP contribution is 2.23. The zero-order valence-corrected chi connectivity index (χ0v) is 9.27. The molecule has 1 fully saturated rings. The lowest BCUT2D eigenvalue weighted by Crippen LogP contribution is -2.60. The standard InChI is InChI=1S/C11H19NO/c1-10(2,3)6-7-11(13-5)8-12(4)9-11/h8-9H2,1-5H3. The van der Waals surface area contributed by atoms with E-state index in [2.05, 4.69) is 44.6 Å². The molecule has 0 spiro atoms. The molecule has 2 heteroatoms. The maximum atomic E-state index is 5.42. The predicted octanol–water partition coefficient (Wildman–Crippen LogP) is 1.37. The van der Waals surface area contributed by atoms with E-state index in [0.29, 0.717) is 0 Å². The maximum absolute atomic E-state index is 5.42. The zero-order valence-electron chi connectivity index (χ0n) is 9.27. The Morgan fingerprint density at radius 3 is 2.15 bits per heavy atom. The molecule has 1 aliphatic heterocycles. The van der Waals surface area contributed by atoms with Crippen LogP contribution in [0, 0.1) is 17.3 Å². The lowest BCUT2D eigenvalue weighted by Gasteiger charge is -2.43. The van der Waals surface area contributed by atoms with Gasteiger partial charge in [-0.05, 0) is 27.8 Å². The van der Waals surface area contributed by atoms with Gasteiger partial charge < -0.3 is 4.74 Å². The molecule has 0 radical (unpaired) electrons. The molecular weight excluding hydrogens is 162 g/mol. The highest BCUT2D eigenvalue weighted by molar-refractivity contribution is 5.23. The SMILES string of the molecule is COC1(C#CC(C)(C)C)CN(C)C1. The molecule has 1 rings (SSSR count). The van der Waals surface area contributed by atoms with E-state index in [9.17, 15) is 0 Å². The molecule has 74 valence electrons. The van der Waals surface area contributed by atoms with E-state index in [0.717, 1.165) is 13.1 Å². The normalized spacial score (nSPS) is 21.6. The van der Waals surface area contributed by atoms with E-state index < -0.39 is 0 Å². The van der Waals surface area contributed by atoms with E-state index in [1.165, 1.54) is 0 Å². The summed E-state index contributed by atoms with van der Waals surface area (Å²) in [7, 11) is 3.82. The van der Waals surface area contributed by atoms with E-state index in [4.69, 9.17) is 4.74 Å². The molecule has 1 saturated heterocycles. The Labute approximate surface area is 81.3 Å². The van der Waals surface area contributed by atoms with Gasteiger partial charge in [0, 0.05) is 25.6 Å². The Kier molecular flexibility index (Phi) is 2.70. The third-order valence-electron chi connectivity index (χ3n) is 2.11. The van der Waals surface area contributed by atoms with Crippen LogP contribution >= 0.6 is 0 Å². The van der Waals surface area contributed by atoms with E-state index in [1.807, 2.05) is 0 Å². The van der Waals surface area contributed by atoms with Gasteiger partial charge in [0.05, 0.1) is 0 Å². The zero-order chi connectivity index (χ0) is 10.1. The first-order chi connectivity index (χ1) is 5.87. The van der Waals surface area contributed by atoms with Crippen LogP contribution < -0.4 is 0 Å². The van der Waals surface area contributed by atoms with Crippen molar-refractivity contribution in [3.63, 3.8) is 0 Å². The Bertz CT molecular complexity index is 235. The summed E-state index contributed by atoms with van der Waals surface area (Å²) in [5.41, 5.74) is -0.123. The summed E-state index contributed by atoms with van der Waals surface area (Å²) in [4.78, 5) is 2.21. The number of hydrogen-bond donors (Lipinski definition) is 0. The van der Waals surface area contributed by atoms with E-state index >= 15 is 0 Å². The van der Waals surface area contributed by atoms with Crippen LogP contribution in [0.25, 0.3) is 0 Å². The molecule has 0 saturated carbocycles. The maximum Gasteiger partial charge on any atom is 0.153 e. The summed E-state index contributed by atoms with van der Waals surface area (Å²) >= 11 is 0. The van der Waals surface area contributed by atoms with Gasteiger partial charge in [0.15, 0.2) is 5.60 Å². The minimum absolute atomic E-state index is 0.0691. The minimum atomic E-state index is -0.192. The van der Waals surface area contributed by atoms with Crippen molar-refractivity contribution >= 4 is 0 Å². The minimum Gasteiger partial charge on any atom is -0.363 e. The number of ether oxygens (including phenoxy) is 1. The molecule has 1 aliphatic rings. The fraction of sp³-hybridized carbons (Fsp3) is 0.818. The highest BCUT2D eigenvalue weighted by atomic mass is 16.5. The van der Waals surface area contributed by atoms with Gasteiger partial charge in [-0.25, -0.2) is 0 Å². The number of likely N-dealkylation sites (tertiary alicyclic amines) is 1. The number of hydrogen-bond acceptors (Lipinski definition) is 2. The van der Waals surface area contributed by atoms with Crippen molar-refractivity contribution in [1.29, 1.82) is 0 Å². The summed E-state index contributed by atoms with van der Waals surface area (Å²) in [6.07, 6.45) is 0. The molecule has 0 aromatic carbocycles. The summed E-state index contributed by atoms with van der Waals surface area (Å²) < 4.78 is 5.42. The average Bonchev–Trinajstić information content (AvgIpc) is 1.94. The molecule has 0 aromatic heterocycles. The quantitative estimate of drug-likeness (QED) is 0.566. The monoisotopic (exact) mass is 181 g/mol. The van der Waals surface area contributed by atoms with Gasteiger partial charge in [0.2, 0.25) is 0 Å². The Morgan fingerprint density at radius 1 is 1.31 bits per heavy atom. The smallest absolute Gasteiger partial charge is 0.153 e. The van der Waals surface area contributed by atoms with Crippen LogP contribution in [0.5, 0.6) is 0 Å². The van der Waals surface area contributed by atoms with Crippen molar-refractivity contribution < 1.29 is 4.74 Å². The molecule has 2 nitrogen and oxygen atoms in total. The van der Waals surface area contributed by atoms with Crippen molar-refractivity contribution in [2.75, 3.05) is 27.2 Å². The molecular formula is C11H19NO. The van der Waals surface area contributed by atoms with Crippen LogP contribution in [-0.4, -0.2) is 37.7 Å². The number of methoxy groups -OCH3 is 1. The fourth-order valence-corrected chi connectivity index (χ4v) is 1.39. The molecule has 0 N–H and O–H groups in total. The van der Waals surface area contributed by atoms with Gasteiger partial charge in [-0.3, -0.25) is 4.90 Å². The summed E-state index contributed by atoms with van der Waals surface area (Å²) in [5, 5.41) is 0. The largest absolute Gasteiger partial charge is 0.363 e. The first-order valence-electron chi connectivity index (χ1n) is 4.65. The van der Waals surface area contributed by atoms with E-state index in [-0.39, 0.29) is 11.0 Å². The topological polar surface area (TPSA) is 12.5 Å². The molecule has 1 heterocycles. The Morgan fingerprint density at radius 2 is 1.85 bits per heavy atom. The van der Waals surface area contributed by atoms with Crippen LogP contribution in [0.2, 0.25) is 0 Å². The molecule has 0 amide bonds. The Hall–Kier alpha value is -0.520. The lowest BCUT2D eigenvalue weighted by molar-refractivity contribution is -0.0707. The molecule has 0 atom stereocenters. The van der Waals surface area contributed by atoms with Gasteiger partial charge in [0.25, 0.3) is 0 Å². The van der Waals surface area contributed by atoms with Gasteiger partial charge in [0.1, 0.15) is 0 Å². The first kappa shape index (κ1) is 10.6. The number of likely N-dealkylation sites (N-methyl/N-ethyl adjacent to an activating group) is 1. The van der Waals surface area contributed by atoms with Crippen LogP contribution in [-0.2, 0) is 4.74 Å². The third kappa shape index (κ3) is 2.72. The van der Waals surface area contributed by atoms with E-state index in [1.54, 1.807) is 7.11 Å². The van der Waals surface area contributed by atoms with Crippen LogP contribution in [0.1, 0.15) is 20.8 Å². The average molecular weight is 181 g/mol. The number of nitrogens with zero attached hydrogens (tertiary/aromatic N) is 1. The first-order valence-corrected chi connectivity index (χ1v) is 4.65. The molecule has 13 heavy (non-hydrogen) atoms. The van der Waals surface area contributed by atoms with Crippen molar-refractivity contribution in [1.82, 2.24) is 4.90 Å². The lowest BCUT2D eigenvalue weighted by atomic mass is 9.91. The second-order valence-electron chi connectivity index (χ2n) is 4.87. The van der Waals surface area contributed by atoms with Gasteiger partial charge in [-0.2, -0.15) is 0 Å².